The Hall–Kier alpha value is -4.39. The van der Waals surface area contributed by atoms with E-state index >= 15 is 0 Å². The predicted molar refractivity (Wildman–Crippen MR) is 175 cm³/mol. The van der Waals surface area contributed by atoms with E-state index in [0.29, 0.717) is 23.0 Å². The molecule has 1 amide bonds. The summed E-state index contributed by atoms with van der Waals surface area (Å²) in [6.45, 7) is 7.99. The van der Waals surface area contributed by atoms with Crippen molar-refractivity contribution in [3.63, 3.8) is 0 Å². The molecule has 0 aliphatic carbocycles. The Morgan fingerprint density at radius 2 is 1.83 bits per heavy atom. The van der Waals surface area contributed by atoms with Crippen molar-refractivity contribution in [3.8, 4) is 11.1 Å². The molecule has 2 N–H and O–H groups in total. The van der Waals surface area contributed by atoms with Crippen molar-refractivity contribution in [1.29, 1.82) is 0 Å². The van der Waals surface area contributed by atoms with Crippen LogP contribution in [0.15, 0.2) is 78.2 Å². The number of carboxylic acid groups (broad SMARTS) is 1. The van der Waals surface area contributed by atoms with Crippen molar-refractivity contribution in [3.05, 3.63) is 94.9 Å². The van der Waals surface area contributed by atoms with Gasteiger partial charge in [-0.15, -0.1) is 0 Å². The fourth-order valence-corrected chi connectivity index (χ4v) is 6.76. The second-order valence-corrected chi connectivity index (χ2v) is 13.4. The molecule has 2 aliphatic heterocycles. The lowest BCUT2D eigenvalue weighted by Crippen LogP contribution is -2.60. The van der Waals surface area contributed by atoms with Crippen LogP contribution < -0.4 is 0 Å². The number of carboxylic acids is 1. The van der Waals surface area contributed by atoms with Crippen molar-refractivity contribution in [2.24, 2.45) is 5.92 Å². The monoisotopic (exact) mass is 664 g/mol. The summed E-state index contributed by atoms with van der Waals surface area (Å²) in [6, 6.07) is 6.87. The number of hydrogen-bond acceptors (Lipinski definition) is 7. The minimum atomic E-state index is -4.71. The molecular weight excluding hydrogens is 623 g/mol. The number of rotatable bonds is 10. The number of amides is 1. The Morgan fingerprint density at radius 3 is 2.44 bits per heavy atom. The third-order valence-corrected chi connectivity index (χ3v) is 8.97. The van der Waals surface area contributed by atoms with Gasteiger partial charge < -0.3 is 14.9 Å². The quantitative estimate of drug-likeness (QED) is 0.175. The van der Waals surface area contributed by atoms with Crippen LogP contribution in [0.1, 0.15) is 55.8 Å². The molecule has 2 aromatic carbocycles. The van der Waals surface area contributed by atoms with Crippen molar-refractivity contribution in [1.82, 2.24) is 19.8 Å². The smallest absolute Gasteiger partial charge is 0.416 e. The molecule has 3 atom stereocenters. The number of aryl methyl sites for hydroxylation is 2. The van der Waals surface area contributed by atoms with Crippen molar-refractivity contribution in [2.75, 3.05) is 20.6 Å². The van der Waals surface area contributed by atoms with Crippen molar-refractivity contribution in [2.45, 2.75) is 65.2 Å². The number of carbonyl (C=O) groups excluding carboxylic acids is 1. The summed E-state index contributed by atoms with van der Waals surface area (Å²) in [5, 5.41) is 23.3. The number of hydroxylamine groups is 3. The number of carbonyl (C=O) groups is 2. The van der Waals surface area contributed by atoms with Gasteiger partial charge in [0.15, 0.2) is 18.3 Å². The zero-order chi connectivity index (χ0) is 35.1. The molecule has 48 heavy (non-hydrogen) atoms. The van der Waals surface area contributed by atoms with Gasteiger partial charge in [0, 0.05) is 29.9 Å². The molecule has 0 saturated heterocycles. The zero-order valence-corrected chi connectivity index (χ0v) is 27.9. The first-order valence-electron chi connectivity index (χ1n) is 15.8. The Labute approximate surface area is 277 Å². The molecule has 0 saturated carbocycles. The fraction of sp³-hybridized carbons (Fsp3) is 0.389. The molecule has 12 heteroatoms. The minimum absolute atomic E-state index is 0.0268. The van der Waals surface area contributed by atoms with Crippen LogP contribution in [0, 0.1) is 19.8 Å². The molecule has 254 valence electrons. The normalized spacial score (nSPS) is 20.5. The maximum absolute atomic E-state index is 14.6. The van der Waals surface area contributed by atoms with E-state index in [1.54, 1.807) is 31.3 Å². The van der Waals surface area contributed by atoms with Crippen molar-refractivity contribution < 1.29 is 37.7 Å². The molecule has 2 aliphatic rings. The standard InChI is InChI=1S/C36H40F3N5O4/c1-21(2)12-30-35(47)44(48,19-27-15-29(36(37,38)39)24(18-43(27)30)10-11-42(5)6)31(16-32(45)46)28-14-25(13-26-17-40-20-41-34(26)28)33-22(3)8-7-9-23(33)4/h7-9,13-15,17-21,30-31,48H,10-12,16H2,1-6H3/p+1. The van der Waals surface area contributed by atoms with Crippen molar-refractivity contribution >= 4 is 22.8 Å². The SMILES string of the molecule is Cc1cccc(C)c1-c1cc(C(CC(=O)O)[N+]2(O)C=C3C=C(C(F)(F)F)C(CCN(C)C)=CN3C(CC(C)C)C2=O)c2ncncc2c1. The molecule has 0 bridgehead atoms. The van der Waals surface area contributed by atoms with Crippen LogP contribution in [0.3, 0.4) is 0 Å². The number of aromatic nitrogens is 2. The highest BCUT2D eigenvalue weighted by Crippen LogP contribution is 2.45. The van der Waals surface area contributed by atoms with Crippen LogP contribution in [0.4, 0.5) is 13.2 Å². The third kappa shape index (κ3) is 6.78. The van der Waals surface area contributed by atoms with Gasteiger partial charge in [0.2, 0.25) is 0 Å². The van der Waals surface area contributed by atoms with Crippen LogP contribution >= 0.6 is 0 Å². The number of nitrogens with zero attached hydrogens (tertiary/aromatic N) is 5. The first-order chi connectivity index (χ1) is 22.5. The third-order valence-electron chi connectivity index (χ3n) is 8.97. The average Bonchev–Trinajstić information content (AvgIpc) is 2.99. The molecular formula is C36H41F3N5O4+. The lowest BCUT2D eigenvalue weighted by atomic mass is 9.88. The summed E-state index contributed by atoms with van der Waals surface area (Å²) >= 11 is 0. The van der Waals surface area contributed by atoms with E-state index in [2.05, 4.69) is 9.97 Å². The maximum atomic E-state index is 14.6. The highest BCUT2D eigenvalue weighted by Gasteiger charge is 2.55. The van der Waals surface area contributed by atoms with Crippen LogP contribution in [-0.2, 0) is 9.59 Å². The van der Waals surface area contributed by atoms with Crippen LogP contribution in [-0.4, -0.2) is 79.5 Å². The first kappa shape index (κ1) is 34.9. The molecule has 3 unspecified atom stereocenters. The predicted octanol–water partition coefficient (Wildman–Crippen LogP) is 7.07. The van der Waals surface area contributed by atoms with E-state index in [-0.39, 0.29) is 35.6 Å². The van der Waals surface area contributed by atoms with Gasteiger partial charge in [-0.2, -0.15) is 13.2 Å². The first-order valence-corrected chi connectivity index (χ1v) is 15.8. The Balaban J connectivity index is 1.78. The number of halogens is 3. The largest absolute Gasteiger partial charge is 0.481 e. The van der Waals surface area contributed by atoms with Crippen LogP contribution in [0.5, 0.6) is 0 Å². The van der Waals surface area contributed by atoms with Gasteiger partial charge in [0.25, 0.3) is 0 Å². The average molecular weight is 665 g/mol. The number of benzene rings is 2. The van der Waals surface area contributed by atoms with E-state index in [1.807, 2.05) is 52.0 Å². The van der Waals surface area contributed by atoms with E-state index < -0.39 is 46.8 Å². The molecule has 3 heterocycles. The molecule has 0 fully saturated rings. The van der Waals surface area contributed by atoms with Crippen LogP contribution in [0.25, 0.3) is 22.0 Å². The highest BCUT2D eigenvalue weighted by molar-refractivity contribution is 5.89. The van der Waals surface area contributed by atoms with Gasteiger partial charge >= 0.3 is 18.1 Å². The number of hydrogen-bond donors (Lipinski definition) is 2. The number of allylic oxidation sites excluding steroid dienone is 2. The summed E-state index contributed by atoms with van der Waals surface area (Å²) < 4.78 is 41.9. The Kier molecular flexibility index (Phi) is 9.64. The van der Waals surface area contributed by atoms with E-state index in [0.717, 1.165) is 29.0 Å². The number of alkyl halides is 3. The Bertz CT molecular complexity index is 1830. The zero-order valence-electron chi connectivity index (χ0n) is 27.9. The van der Waals surface area contributed by atoms with Gasteiger partial charge in [-0.25, -0.2) is 20.0 Å². The summed E-state index contributed by atoms with van der Waals surface area (Å²) in [6.07, 6.45) is 1.11. The van der Waals surface area contributed by atoms with E-state index in [9.17, 15) is 33.1 Å². The molecule has 3 aromatic rings. The second kappa shape index (κ2) is 13.3. The fourth-order valence-electron chi connectivity index (χ4n) is 6.76. The van der Waals surface area contributed by atoms with Gasteiger partial charge in [-0.05, 0) is 92.7 Å². The molecule has 0 spiro atoms. The summed E-state index contributed by atoms with van der Waals surface area (Å²) in [5.41, 5.74) is 3.19. The van der Waals surface area contributed by atoms with E-state index in [1.165, 1.54) is 17.4 Å². The van der Waals surface area contributed by atoms with Gasteiger partial charge in [0.05, 0.1) is 16.8 Å². The van der Waals surface area contributed by atoms with Crippen LogP contribution in [0.2, 0.25) is 0 Å². The summed E-state index contributed by atoms with van der Waals surface area (Å²) in [7, 11) is 3.53. The lowest BCUT2D eigenvalue weighted by Gasteiger charge is -2.44. The van der Waals surface area contributed by atoms with Gasteiger partial charge in [-0.3, -0.25) is 4.79 Å². The maximum Gasteiger partial charge on any atom is 0.416 e. The Morgan fingerprint density at radius 1 is 1.15 bits per heavy atom. The topological polar surface area (TPSA) is 107 Å². The lowest BCUT2D eigenvalue weighted by molar-refractivity contribution is -1.03. The van der Waals surface area contributed by atoms with E-state index in [4.69, 9.17) is 0 Å². The van der Waals surface area contributed by atoms with Gasteiger partial charge in [-0.1, -0.05) is 36.7 Å². The molecule has 1 aromatic heterocycles. The number of fused-ring (bicyclic) bond motifs is 2. The molecule has 9 nitrogen and oxygen atoms in total. The second-order valence-electron chi connectivity index (χ2n) is 13.4. The number of quaternary nitrogens is 1. The molecule has 0 radical (unpaired) electrons. The molecule has 5 rings (SSSR count). The van der Waals surface area contributed by atoms with Gasteiger partial charge in [0.1, 0.15) is 12.7 Å². The minimum Gasteiger partial charge on any atom is -0.481 e. The number of aliphatic carboxylic acids is 1. The summed E-state index contributed by atoms with van der Waals surface area (Å²) in [5.74, 6) is -2.14. The summed E-state index contributed by atoms with van der Waals surface area (Å²) in [4.78, 5) is 39.0. The highest BCUT2D eigenvalue weighted by atomic mass is 19.4.